The van der Waals surface area contributed by atoms with E-state index in [4.69, 9.17) is 11.6 Å². The molecule has 0 radical (unpaired) electrons. The monoisotopic (exact) mass is 429 g/mol. The summed E-state index contributed by atoms with van der Waals surface area (Å²) in [6.45, 7) is 2.04. The van der Waals surface area contributed by atoms with Gasteiger partial charge in [-0.25, -0.2) is 0 Å². The van der Waals surface area contributed by atoms with Gasteiger partial charge in [0.05, 0.1) is 16.6 Å². The van der Waals surface area contributed by atoms with Crippen molar-refractivity contribution in [2.24, 2.45) is 0 Å². The molecule has 0 saturated carbocycles. The van der Waals surface area contributed by atoms with Crippen LogP contribution in [0.5, 0.6) is 0 Å². The lowest BCUT2D eigenvalue weighted by molar-refractivity contribution is 0.0935. The smallest absolute Gasteiger partial charge is 0.253 e. The van der Waals surface area contributed by atoms with Gasteiger partial charge in [-0.2, -0.15) is 0 Å². The maximum Gasteiger partial charge on any atom is 0.253 e. The number of amides is 1. The minimum Gasteiger partial charge on any atom is -0.345 e. The van der Waals surface area contributed by atoms with Gasteiger partial charge in [0.25, 0.3) is 5.91 Å². The van der Waals surface area contributed by atoms with E-state index in [9.17, 15) is 4.79 Å². The van der Waals surface area contributed by atoms with E-state index in [1.165, 1.54) is 0 Å². The molecule has 0 aliphatic heterocycles. The van der Waals surface area contributed by atoms with Crippen LogP contribution in [0, 0.1) is 0 Å². The largest absolute Gasteiger partial charge is 0.345 e. The molecular formula is C16H14Br2ClNO. The molecule has 5 heteroatoms. The number of rotatable bonds is 4. The van der Waals surface area contributed by atoms with Crippen molar-refractivity contribution in [1.82, 2.24) is 5.32 Å². The topological polar surface area (TPSA) is 29.1 Å². The third-order valence-corrected chi connectivity index (χ3v) is 5.01. The van der Waals surface area contributed by atoms with Gasteiger partial charge in [-0.1, -0.05) is 52.7 Å². The van der Waals surface area contributed by atoms with Gasteiger partial charge in [-0.05, 0) is 52.2 Å². The van der Waals surface area contributed by atoms with Crippen molar-refractivity contribution >= 4 is 49.4 Å². The summed E-state index contributed by atoms with van der Waals surface area (Å²) in [4.78, 5) is 12.4. The number of hydrogen-bond donors (Lipinski definition) is 1. The summed E-state index contributed by atoms with van der Waals surface area (Å²) in [6.07, 6.45) is 0.805. The number of halogens is 3. The van der Waals surface area contributed by atoms with Crippen molar-refractivity contribution in [3.63, 3.8) is 0 Å². The first-order valence-corrected chi connectivity index (χ1v) is 8.49. The molecule has 0 heterocycles. The second kappa shape index (κ2) is 7.43. The molecule has 2 rings (SSSR count). The fourth-order valence-electron chi connectivity index (χ4n) is 2.03. The average Bonchev–Trinajstić information content (AvgIpc) is 2.48. The van der Waals surface area contributed by atoms with Crippen LogP contribution >= 0.6 is 43.5 Å². The van der Waals surface area contributed by atoms with Gasteiger partial charge in [0.1, 0.15) is 0 Å². The Balaban J connectivity index is 2.20. The van der Waals surface area contributed by atoms with Crippen LogP contribution in [-0.2, 0) is 0 Å². The highest BCUT2D eigenvalue weighted by Crippen LogP contribution is 2.27. The maximum absolute atomic E-state index is 12.4. The lowest BCUT2D eigenvalue weighted by atomic mass is 10.0. The lowest BCUT2D eigenvalue weighted by Crippen LogP contribution is -2.28. The summed E-state index contributed by atoms with van der Waals surface area (Å²) >= 11 is 12.9. The maximum atomic E-state index is 12.4. The molecule has 0 saturated heterocycles. The van der Waals surface area contributed by atoms with Crippen LogP contribution in [0.2, 0.25) is 5.02 Å². The Kier molecular flexibility index (Phi) is 5.85. The van der Waals surface area contributed by atoms with Gasteiger partial charge >= 0.3 is 0 Å². The summed E-state index contributed by atoms with van der Waals surface area (Å²) in [7, 11) is 0. The minimum absolute atomic E-state index is 0.0411. The van der Waals surface area contributed by atoms with Crippen molar-refractivity contribution in [3.8, 4) is 0 Å². The van der Waals surface area contributed by atoms with E-state index in [2.05, 4.69) is 37.2 Å². The molecule has 0 bridgehead atoms. The SMILES string of the molecule is CCC(NC(=O)c1cccc(Br)c1Cl)c1ccc(Br)cc1. The number of benzene rings is 2. The summed E-state index contributed by atoms with van der Waals surface area (Å²) < 4.78 is 1.73. The zero-order valence-corrected chi connectivity index (χ0v) is 15.3. The second-order valence-electron chi connectivity index (χ2n) is 4.59. The summed E-state index contributed by atoms with van der Waals surface area (Å²) in [5.41, 5.74) is 1.54. The highest BCUT2D eigenvalue weighted by atomic mass is 79.9. The first kappa shape index (κ1) is 16.5. The summed E-state index contributed by atoms with van der Waals surface area (Å²) in [5.74, 6) is -0.170. The molecule has 0 aliphatic rings. The number of carbonyl (C=O) groups excluding carboxylic acids is 1. The highest BCUT2D eigenvalue weighted by Gasteiger charge is 2.17. The van der Waals surface area contributed by atoms with Gasteiger partial charge in [0.2, 0.25) is 0 Å². The molecule has 1 atom stereocenters. The second-order valence-corrected chi connectivity index (χ2v) is 6.74. The van der Waals surface area contributed by atoms with Crippen molar-refractivity contribution in [2.75, 3.05) is 0 Å². The molecular weight excluding hydrogens is 417 g/mol. The van der Waals surface area contributed by atoms with Gasteiger partial charge in [-0.15, -0.1) is 0 Å². The van der Waals surface area contributed by atoms with Gasteiger partial charge in [0.15, 0.2) is 0 Å². The quantitative estimate of drug-likeness (QED) is 0.657. The van der Waals surface area contributed by atoms with Crippen molar-refractivity contribution in [3.05, 3.63) is 67.6 Å². The van der Waals surface area contributed by atoms with E-state index in [1.54, 1.807) is 12.1 Å². The molecule has 21 heavy (non-hydrogen) atoms. The molecule has 2 aromatic carbocycles. The summed E-state index contributed by atoms with van der Waals surface area (Å²) in [6, 6.07) is 13.2. The number of nitrogens with one attached hydrogen (secondary N) is 1. The minimum atomic E-state index is -0.170. The van der Waals surface area contributed by atoms with E-state index in [0.29, 0.717) is 15.1 Å². The average molecular weight is 432 g/mol. The van der Waals surface area contributed by atoms with Gasteiger partial charge in [-0.3, -0.25) is 4.79 Å². The first-order valence-electron chi connectivity index (χ1n) is 6.53. The summed E-state index contributed by atoms with van der Waals surface area (Å²) in [5, 5.41) is 3.46. The highest BCUT2D eigenvalue weighted by molar-refractivity contribution is 9.10. The predicted molar refractivity (Wildman–Crippen MR) is 93.8 cm³/mol. The van der Waals surface area contributed by atoms with Crippen LogP contribution in [0.4, 0.5) is 0 Å². The molecule has 2 nitrogen and oxygen atoms in total. The molecule has 2 aromatic rings. The Morgan fingerprint density at radius 3 is 2.48 bits per heavy atom. The van der Waals surface area contributed by atoms with Crippen LogP contribution in [0.3, 0.4) is 0 Å². The number of hydrogen-bond acceptors (Lipinski definition) is 1. The Morgan fingerprint density at radius 1 is 1.19 bits per heavy atom. The van der Waals surface area contributed by atoms with E-state index >= 15 is 0 Å². The van der Waals surface area contributed by atoms with Crippen molar-refractivity contribution in [1.29, 1.82) is 0 Å². The Morgan fingerprint density at radius 2 is 1.86 bits per heavy atom. The fraction of sp³-hybridized carbons (Fsp3) is 0.188. The molecule has 0 aromatic heterocycles. The first-order chi connectivity index (χ1) is 10.0. The van der Waals surface area contributed by atoms with Gasteiger partial charge in [0, 0.05) is 8.95 Å². The molecule has 0 aliphatic carbocycles. The lowest BCUT2D eigenvalue weighted by Gasteiger charge is -2.18. The number of carbonyl (C=O) groups is 1. The van der Waals surface area contributed by atoms with Crippen LogP contribution < -0.4 is 5.32 Å². The van der Waals surface area contributed by atoms with Crippen LogP contribution in [0.1, 0.15) is 35.3 Å². The standard InChI is InChI=1S/C16H14Br2ClNO/c1-2-14(10-6-8-11(17)9-7-10)20-16(21)12-4-3-5-13(18)15(12)19/h3-9,14H,2H2,1H3,(H,20,21). The molecule has 1 unspecified atom stereocenters. The van der Waals surface area contributed by atoms with Crippen LogP contribution in [0.15, 0.2) is 51.4 Å². The van der Waals surface area contributed by atoms with Crippen LogP contribution in [0.25, 0.3) is 0 Å². The van der Waals surface area contributed by atoms with E-state index in [1.807, 2.05) is 37.3 Å². The van der Waals surface area contributed by atoms with E-state index < -0.39 is 0 Å². The Labute approximate surface area is 146 Å². The van der Waals surface area contributed by atoms with Crippen LogP contribution in [-0.4, -0.2) is 5.91 Å². The molecule has 1 N–H and O–H groups in total. The zero-order chi connectivity index (χ0) is 15.4. The fourth-order valence-corrected chi connectivity index (χ4v) is 2.87. The van der Waals surface area contributed by atoms with Crippen molar-refractivity contribution in [2.45, 2.75) is 19.4 Å². The molecule has 110 valence electrons. The molecule has 0 spiro atoms. The third kappa shape index (κ3) is 4.09. The molecule has 0 fully saturated rings. The third-order valence-electron chi connectivity index (χ3n) is 3.18. The Bertz CT molecular complexity index is 643. The Hall–Kier alpha value is -0.840. The zero-order valence-electron chi connectivity index (χ0n) is 11.4. The normalized spacial score (nSPS) is 12.0. The van der Waals surface area contributed by atoms with E-state index in [-0.39, 0.29) is 11.9 Å². The van der Waals surface area contributed by atoms with Crippen molar-refractivity contribution < 1.29 is 4.79 Å². The van der Waals surface area contributed by atoms with Gasteiger partial charge < -0.3 is 5.32 Å². The molecule has 1 amide bonds. The predicted octanol–water partition coefficient (Wildman–Crippen LogP) is 5.75. The van der Waals surface area contributed by atoms with E-state index in [0.717, 1.165) is 16.5 Å².